The Morgan fingerprint density at radius 1 is 1.20 bits per heavy atom. The molecule has 0 bridgehead atoms. The van der Waals surface area contributed by atoms with Crippen LogP contribution in [0.3, 0.4) is 0 Å². The molecule has 2 rings (SSSR count). The molecule has 0 heterocycles. The number of hydrogen-bond acceptors (Lipinski definition) is 5. The van der Waals surface area contributed by atoms with E-state index in [0.717, 1.165) is 0 Å². The predicted octanol–water partition coefficient (Wildman–Crippen LogP) is 3.13. The predicted molar refractivity (Wildman–Crippen MR) is 93.0 cm³/mol. The summed E-state index contributed by atoms with van der Waals surface area (Å²) >= 11 is 11.9. The lowest BCUT2D eigenvalue weighted by molar-refractivity contribution is -0.384. The molecule has 0 aliphatic carbocycles. The van der Waals surface area contributed by atoms with Gasteiger partial charge in [0.25, 0.3) is 11.6 Å². The van der Waals surface area contributed by atoms with Gasteiger partial charge in [0.15, 0.2) is 12.4 Å². The highest BCUT2D eigenvalue weighted by Gasteiger charge is 2.13. The van der Waals surface area contributed by atoms with Gasteiger partial charge in [0.2, 0.25) is 0 Å². The Morgan fingerprint density at radius 3 is 2.36 bits per heavy atom. The molecule has 1 atom stereocenters. The Kier molecular flexibility index (Phi) is 6.58. The van der Waals surface area contributed by atoms with Crippen LogP contribution in [0.15, 0.2) is 42.5 Å². The molecule has 2 aromatic carbocycles. The van der Waals surface area contributed by atoms with Gasteiger partial charge in [0.1, 0.15) is 0 Å². The molecule has 0 unspecified atom stereocenters. The van der Waals surface area contributed by atoms with Crippen LogP contribution in [0.2, 0.25) is 10.0 Å². The van der Waals surface area contributed by atoms with E-state index < -0.39 is 16.9 Å². The number of non-ortho nitro benzene ring substituents is 1. The summed E-state index contributed by atoms with van der Waals surface area (Å²) in [6.45, 7) is -0.396. The fourth-order valence-corrected chi connectivity index (χ4v) is 2.46. The quantitative estimate of drug-likeness (QED) is 0.563. The van der Waals surface area contributed by atoms with Crippen molar-refractivity contribution in [1.82, 2.24) is 5.32 Å². The first-order valence-corrected chi connectivity index (χ1v) is 7.90. The van der Waals surface area contributed by atoms with Crippen LogP contribution < -0.4 is 10.1 Å². The number of aliphatic hydroxyl groups excluding tert-OH is 1. The van der Waals surface area contributed by atoms with Gasteiger partial charge in [-0.25, -0.2) is 0 Å². The highest BCUT2D eigenvalue weighted by atomic mass is 35.5. The first-order chi connectivity index (χ1) is 11.9. The van der Waals surface area contributed by atoms with E-state index in [1.165, 1.54) is 24.3 Å². The van der Waals surface area contributed by atoms with Crippen LogP contribution in [0.25, 0.3) is 0 Å². The van der Waals surface area contributed by atoms with Crippen molar-refractivity contribution in [1.29, 1.82) is 0 Å². The van der Waals surface area contributed by atoms with Crippen molar-refractivity contribution in [3.63, 3.8) is 0 Å². The number of amides is 1. The fourth-order valence-electron chi connectivity index (χ4n) is 1.96. The Hall–Kier alpha value is -2.35. The van der Waals surface area contributed by atoms with Crippen molar-refractivity contribution in [3.05, 3.63) is 68.2 Å². The molecule has 0 saturated carbocycles. The Morgan fingerprint density at radius 2 is 1.80 bits per heavy atom. The van der Waals surface area contributed by atoms with Crippen molar-refractivity contribution in [2.75, 3.05) is 13.2 Å². The second kappa shape index (κ2) is 8.66. The van der Waals surface area contributed by atoms with E-state index in [9.17, 15) is 20.0 Å². The summed E-state index contributed by atoms with van der Waals surface area (Å²) in [5, 5.41) is 23.7. The molecule has 2 aromatic rings. The molecule has 2 N–H and O–H groups in total. The van der Waals surface area contributed by atoms with E-state index in [1.54, 1.807) is 18.2 Å². The SMILES string of the molecule is O=C(COc1c(Cl)cccc1Cl)NC[C@@H](O)c1ccc([N+](=O)[O-])cc1. The van der Waals surface area contributed by atoms with Gasteiger partial charge in [-0.1, -0.05) is 29.3 Å². The maximum Gasteiger partial charge on any atom is 0.269 e. The largest absolute Gasteiger partial charge is 0.481 e. The van der Waals surface area contributed by atoms with Gasteiger partial charge in [0, 0.05) is 18.7 Å². The molecular formula is C16H14Cl2N2O5. The summed E-state index contributed by atoms with van der Waals surface area (Å²) in [5.74, 6) is -0.270. The van der Waals surface area contributed by atoms with Gasteiger partial charge in [-0.15, -0.1) is 0 Å². The average molecular weight is 385 g/mol. The third-order valence-electron chi connectivity index (χ3n) is 3.25. The minimum Gasteiger partial charge on any atom is -0.481 e. The molecule has 0 aliphatic heterocycles. The summed E-state index contributed by atoms with van der Waals surface area (Å²) in [7, 11) is 0. The van der Waals surface area contributed by atoms with Crippen molar-refractivity contribution >= 4 is 34.8 Å². The summed E-state index contributed by atoms with van der Waals surface area (Å²) in [6.07, 6.45) is -1.01. The number of aliphatic hydroxyl groups is 1. The molecular weight excluding hydrogens is 371 g/mol. The lowest BCUT2D eigenvalue weighted by Gasteiger charge is -2.13. The Balaban J connectivity index is 1.84. The minimum absolute atomic E-state index is 0.0732. The first kappa shape index (κ1) is 19.0. The molecule has 0 saturated heterocycles. The molecule has 25 heavy (non-hydrogen) atoms. The summed E-state index contributed by atoms with van der Waals surface area (Å²) in [4.78, 5) is 21.9. The van der Waals surface area contributed by atoms with Gasteiger partial charge in [-0.3, -0.25) is 14.9 Å². The Bertz CT molecular complexity index is 747. The topological polar surface area (TPSA) is 102 Å². The van der Waals surface area contributed by atoms with E-state index in [0.29, 0.717) is 5.56 Å². The fraction of sp³-hybridized carbons (Fsp3) is 0.188. The van der Waals surface area contributed by atoms with Crippen molar-refractivity contribution in [3.8, 4) is 5.75 Å². The van der Waals surface area contributed by atoms with E-state index in [4.69, 9.17) is 27.9 Å². The molecule has 0 aromatic heterocycles. The number of nitro groups is 1. The van der Waals surface area contributed by atoms with Gasteiger partial charge < -0.3 is 15.2 Å². The number of halogens is 2. The van der Waals surface area contributed by atoms with Crippen LogP contribution in [-0.4, -0.2) is 29.1 Å². The zero-order chi connectivity index (χ0) is 18.4. The monoisotopic (exact) mass is 384 g/mol. The number of para-hydroxylation sites is 1. The van der Waals surface area contributed by atoms with E-state index in [2.05, 4.69) is 5.32 Å². The number of carbonyl (C=O) groups is 1. The highest BCUT2D eigenvalue weighted by molar-refractivity contribution is 6.37. The number of nitrogens with one attached hydrogen (secondary N) is 1. The summed E-state index contributed by atoms with van der Waals surface area (Å²) in [6, 6.07) is 10.2. The molecule has 132 valence electrons. The van der Waals surface area contributed by atoms with E-state index in [-0.39, 0.29) is 34.6 Å². The zero-order valence-electron chi connectivity index (χ0n) is 12.8. The Labute approximate surface area is 153 Å². The second-order valence-electron chi connectivity index (χ2n) is 5.01. The standard InChI is InChI=1S/C16H14Cl2N2O5/c17-12-2-1-3-13(18)16(12)25-9-15(22)19-8-14(21)10-4-6-11(7-5-10)20(23)24/h1-7,14,21H,8-9H2,(H,19,22)/t14-/m1/s1. The van der Waals surface area contributed by atoms with Gasteiger partial charge in [-0.2, -0.15) is 0 Å². The number of hydrogen-bond donors (Lipinski definition) is 2. The van der Waals surface area contributed by atoms with Crippen LogP contribution >= 0.6 is 23.2 Å². The molecule has 0 aliphatic rings. The lowest BCUT2D eigenvalue weighted by Crippen LogP contribution is -2.32. The van der Waals surface area contributed by atoms with Gasteiger partial charge >= 0.3 is 0 Å². The number of carbonyl (C=O) groups excluding carboxylic acids is 1. The maximum atomic E-state index is 11.8. The van der Waals surface area contributed by atoms with Crippen LogP contribution in [0, 0.1) is 10.1 Å². The number of nitro benzene ring substituents is 1. The third kappa shape index (κ3) is 5.32. The second-order valence-corrected chi connectivity index (χ2v) is 5.82. The number of rotatable bonds is 7. The van der Waals surface area contributed by atoms with E-state index in [1.807, 2.05) is 0 Å². The molecule has 0 radical (unpaired) electrons. The number of ether oxygens (including phenoxy) is 1. The smallest absolute Gasteiger partial charge is 0.269 e. The third-order valence-corrected chi connectivity index (χ3v) is 3.84. The molecule has 0 fully saturated rings. The van der Waals surface area contributed by atoms with Crippen LogP contribution in [-0.2, 0) is 4.79 Å². The van der Waals surface area contributed by atoms with Crippen LogP contribution in [0.1, 0.15) is 11.7 Å². The number of benzene rings is 2. The first-order valence-electron chi connectivity index (χ1n) is 7.14. The molecule has 7 nitrogen and oxygen atoms in total. The normalized spacial score (nSPS) is 11.6. The van der Waals surface area contributed by atoms with Gasteiger partial charge in [-0.05, 0) is 29.8 Å². The zero-order valence-corrected chi connectivity index (χ0v) is 14.3. The molecule has 1 amide bonds. The van der Waals surface area contributed by atoms with Crippen molar-refractivity contribution in [2.24, 2.45) is 0 Å². The van der Waals surface area contributed by atoms with E-state index >= 15 is 0 Å². The highest BCUT2D eigenvalue weighted by Crippen LogP contribution is 2.32. The van der Waals surface area contributed by atoms with Crippen molar-refractivity contribution in [2.45, 2.75) is 6.10 Å². The maximum absolute atomic E-state index is 11.8. The van der Waals surface area contributed by atoms with Crippen molar-refractivity contribution < 1.29 is 19.6 Å². The summed E-state index contributed by atoms with van der Waals surface area (Å²) in [5.41, 5.74) is 0.367. The van der Waals surface area contributed by atoms with Crippen LogP contribution in [0.4, 0.5) is 5.69 Å². The lowest BCUT2D eigenvalue weighted by atomic mass is 10.1. The van der Waals surface area contributed by atoms with Crippen LogP contribution in [0.5, 0.6) is 5.75 Å². The minimum atomic E-state index is -1.01. The number of nitrogens with zero attached hydrogens (tertiary/aromatic N) is 1. The molecule has 9 heteroatoms. The average Bonchev–Trinajstić information content (AvgIpc) is 2.59. The molecule has 0 spiro atoms. The summed E-state index contributed by atoms with van der Waals surface area (Å²) < 4.78 is 5.28. The van der Waals surface area contributed by atoms with Gasteiger partial charge in [0.05, 0.1) is 21.1 Å².